The van der Waals surface area contributed by atoms with Crippen LogP contribution in [0.25, 0.3) is 0 Å². The second-order valence-electron chi connectivity index (χ2n) is 6.79. The van der Waals surface area contributed by atoms with Crippen molar-refractivity contribution in [2.24, 2.45) is 0 Å². The first-order valence-corrected chi connectivity index (χ1v) is 9.64. The molecule has 1 heterocycles. The number of nitrogens with one attached hydrogen (secondary N) is 1. The fraction of sp³-hybridized carbons (Fsp3) is 0.261. The van der Waals surface area contributed by atoms with E-state index in [1.807, 2.05) is 30.3 Å². The molecule has 0 fully saturated rings. The molecule has 1 aliphatic heterocycles. The number of urea groups is 1. The number of hydrogen-bond acceptors (Lipinski definition) is 5. The molecule has 0 aromatic heterocycles. The fourth-order valence-electron chi connectivity index (χ4n) is 3.39. The summed E-state index contributed by atoms with van der Waals surface area (Å²) in [5, 5.41) is 2.90. The van der Waals surface area contributed by atoms with Crippen molar-refractivity contribution in [3.05, 3.63) is 82.6 Å². The van der Waals surface area contributed by atoms with Crippen molar-refractivity contribution in [2.75, 3.05) is 13.7 Å². The molecule has 1 atom stereocenters. The van der Waals surface area contributed by atoms with Gasteiger partial charge in [-0.3, -0.25) is 4.90 Å². The van der Waals surface area contributed by atoms with Crippen LogP contribution in [-0.4, -0.2) is 36.6 Å². The SMILES string of the molecule is CCOC(=O)C1=C(C)N(Cc2ccccc2)C(=O)N[C@@H]1c1ccc(C(=O)OC)cc1. The molecule has 2 amide bonds. The molecule has 156 valence electrons. The molecule has 7 heteroatoms. The lowest BCUT2D eigenvalue weighted by atomic mass is 9.94. The Kier molecular flexibility index (Phi) is 6.51. The number of carbonyl (C=O) groups excluding carboxylic acids is 3. The van der Waals surface area contributed by atoms with Gasteiger partial charge in [-0.1, -0.05) is 42.5 Å². The Labute approximate surface area is 175 Å². The molecule has 1 N–H and O–H groups in total. The predicted octanol–water partition coefficient (Wildman–Crippen LogP) is 3.58. The van der Waals surface area contributed by atoms with E-state index < -0.39 is 18.0 Å². The van der Waals surface area contributed by atoms with Gasteiger partial charge in [-0.25, -0.2) is 14.4 Å². The van der Waals surface area contributed by atoms with Crippen molar-refractivity contribution in [3.8, 4) is 0 Å². The van der Waals surface area contributed by atoms with Gasteiger partial charge < -0.3 is 14.8 Å². The van der Waals surface area contributed by atoms with E-state index in [1.165, 1.54) is 12.0 Å². The Bertz CT molecular complexity index is 967. The number of carbonyl (C=O) groups is 3. The smallest absolute Gasteiger partial charge is 0.338 e. The molecule has 1 aliphatic rings. The first kappa shape index (κ1) is 21.1. The number of rotatable bonds is 6. The van der Waals surface area contributed by atoms with Crippen LogP contribution in [0.3, 0.4) is 0 Å². The predicted molar refractivity (Wildman–Crippen MR) is 110 cm³/mol. The topological polar surface area (TPSA) is 84.9 Å². The average molecular weight is 408 g/mol. The molecule has 7 nitrogen and oxygen atoms in total. The third kappa shape index (κ3) is 4.35. The van der Waals surface area contributed by atoms with Gasteiger partial charge in [-0.05, 0) is 37.1 Å². The highest BCUT2D eigenvalue weighted by Crippen LogP contribution is 2.32. The number of ether oxygens (including phenoxy) is 2. The van der Waals surface area contributed by atoms with E-state index >= 15 is 0 Å². The maximum Gasteiger partial charge on any atom is 0.338 e. The van der Waals surface area contributed by atoms with E-state index in [-0.39, 0.29) is 12.6 Å². The zero-order valence-electron chi connectivity index (χ0n) is 17.2. The minimum atomic E-state index is -0.685. The van der Waals surface area contributed by atoms with Crippen LogP contribution in [0, 0.1) is 0 Å². The minimum absolute atomic E-state index is 0.218. The van der Waals surface area contributed by atoms with Crippen molar-refractivity contribution >= 4 is 18.0 Å². The highest BCUT2D eigenvalue weighted by Gasteiger charge is 2.36. The maximum absolute atomic E-state index is 12.9. The zero-order chi connectivity index (χ0) is 21.7. The number of benzene rings is 2. The summed E-state index contributed by atoms with van der Waals surface area (Å²) in [6, 6.07) is 15.1. The molecule has 3 rings (SSSR count). The Hall–Kier alpha value is -3.61. The molecule has 0 spiro atoms. The number of nitrogens with zero attached hydrogens (tertiary/aromatic N) is 1. The third-order valence-corrected chi connectivity index (χ3v) is 4.94. The van der Waals surface area contributed by atoms with Crippen LogP contribution < -0.4 is 5.32 Å². The molecular formula is C23H24N2O5. The minimum Gasteiger partial charge on any atom is -0.465 e. The number of methoxy groups -OCH3 is 1. The summed E-state index contributed by atoms with van der Waals surface area (Å²) < 4.78 is 9.99. The van der Waals surface area contributed by atoms with Crippen LogP contribution in [0.15, 0.2) is 65.9 Å². The molecule has 0 saturated carbocycles. The lowest BCUT2D eigenvalue weighted by Gasteiger charge is -2.35. The van der Waals surface area contributed by atoms with Crippen LogP contribution in [0.1, 0.15) is 41.4 Å². The zero-order valence-corrected chi connectivity index (χ0v) is 17.2. The van der Waals surface area contributed by atoms with Crippen molar-refractivity contribution < 1.29 is 23.9 Å². The van der Waals surface area contributed by atoms with Crippen LogP contribution in [0.5, 0.6) is 0 Å². The number of esters is 2. The normalized spacial score (nSPS) is 16.2. The number of allylic oxidation sites excluding steroid dienone is 1. The standard InChI is InChI=1S/C23H24N2O5/c1-4-30-22(27)19-15(2)25(14-16-8-6-5-7-9-16)23(28)24-20(19)17-10-12-18(13-11-17)21(26)29-3/h5-13,20H,4,14H2,1-3H3,(H,24,28)/t20-/m1/s1. The van der Waals surface area contributed by atoms with Gasteiger partial charge in [0.05, 0.1) is 37.4 Å². The molecule has 2 aromatic rings. The van der Waals surface area contributed by atoms with Crippen LogP contribution in [0.4, 0.5) is 4.79 Å². The molecule has 2 aromatic carbocycles. The van der Waals surface area contributed by atoms with Gasteiger partial charge in [0.2, 0.25) is 0 Å². The molecular weight excluding hydrogens is 384 g/mol. The van der Waals surface area contributed by atoms with Gasteiger partial charge in [0, 0.05) is 5.70 Å². The second-order valence-corrected chi connectivity index (χ2v) is 6.79. The van der Waals surface area contributed by atoms with Crippen LogP contribution in [0.2, 0.25) is 0 Å². The van der Waals surface area contributed by atoms with Crippen LogP contribution >= 0.6 is 0 Å². The van der Waals surface area contributed by atoms with Crippen molar-refractivity contribution in [3.63, 3.8) is 0 Å². The van der Waals surface area contributed by atoms with E-state index in [9.17, 15) is 14.4 Å². The van der Waals surface area contributed by atoms with Gasteiger partial charge in [0.25, 0.3) is 0 Å². The summed E-state index contributed by atoms with van der Waals surface area (Å²) in [7, 11) is 1.31. The van der Waals surface area contributed by atoms with E-state index in [1.54, 1.807) is 38.1 Å². The summed E-state index contributed by atoms with van der Waals surface area (Å²) in [4.78, 5) is 38.9. The molecule has 30 heavy (non-hydrogen) atoms. The monoisotopic (exact) mass is 408 g/mol. The van der Waals surface area contributed by atoms with Gasteiger partial charge in [0.15, 0.2) is 0 Å². The van der Waals surface area contributed by atoms with Gasteiger partial charge in [0.1, 0.15) is 0 Å². The van der Waals surface area contributed by atoms with E-state index in [0.29, 0.717) is 28.9 Å². The van der Waals surface area contributed by atoms with Crippen molar-refractivity contribution in [1.29, 1.82) is 0 Å². The van der Waals surface area contributed by atoms with Gasteiger partial charge in [-0.15, -0.1) is 0 Å². The van der Waals surface area contributed by atoms with Crippen molar-refractivity contribution in [2.45, 2.75) is 26.4 Å². The van der Waals surface area contributed by atoms with Crippen molar-refractivity contribution in [1.82, 2.24) is 10.2 Å². The fourth-order valence-corrected chi connectivity index (χ4v) is 3.39. The highest BCUT2D eigenvalue weighted by atomic mass is 16.5. The van der Waals surface area contributed by atoms with E-state index in [4.69, 9.17) is 9.47 Å². The van der Waals surface area contributed by atoms with Gasteiger partial charge in [-0.2, -0.15) is 0 Å². The second kappa shape index (κ2) is 9.26. The molecule has 0 aliphatic carbocycles. The molecule has 0 radical (unpaired) electrons. The third-order valence-electron chi connectivity index (χ3n) is 4.94. The average Bonchev–Trinajstić information content (AvgIpc) is 2.76. The Morgan fingerprint density at radius 1 is 1.03 bits per heavy atom. The first-order valence-electron chi connectivity index (χ1n) is 9.64. The Morgan fingerprint density at radius 3 is 2.30 bits per heavy atom. The highest BCUT2D eigenvalue weighted by molar-refractivity contribution is 5.95. The van der Waals surface area contributed by atoms with Gasteiger partial charge >= 0.3 is 18.0 Å². The summed E-state index contributed by atoms with van der Waals surface area (Å²) in [6.45, 7) is 4.02. The lowest BCUT2D eigenvalue weighted by molar-refractivity contribution is -0.139. The number of amides is 2. The molecule has 0 saturated heterocycles. The van der Waals surface area contributed by atoms with E-state index in [0.717, 1.165) is 5.56 Å². The molecule has 0 bridgehead atoms. The Balaban J connectivity index is 1.99. The summed E-state index contributed by atoms with van der Waals surface area (Å²) >= 11 is 0. The molecule has 0 unspecified atom stereocenters. The maximum atomic E-state index is 12.9. The van der Waals surface area contributed by atoms with E-state index in [2.05, 4.69) is 5.32 Å². The van der Waals surface area contributed by atoms with Crippen LogP contribution in [-0.2, 0) is 20.8 Å². The first-order chi connectivity index (χ1) is 14.5. The lowest BCUT2D eigenvalue weighted by Crippen LogP contribution is -2.47. The summed E-state index contributed by atoms with van der Waals surface area (Å²) in [6.07, 6.45) is 0. The quantitative estimate of drug-likeness (QED) is 0.739. The summed E-state index contributed by atoms with van der Waals surface area (Å²) in [5.74, 6) is -0.948. The largest absolute Gasteiger partial charge is 0.465 e. The number of hydrogen-bond donors (Lipinski definition) is 1. The summed E-state index contributed by atoms with van der Waals surface area (Å²) in [5.41, 5.74) is 2.88. The Morgan fingerprint density at radius 2 is 1.70 bits per heavy atom.